The van der Waals surface area contributed by atoms with Gasteiger partial charge in [-0.1, -0.05) is 15.9 Å². The van der Waals surface area contributed by atoms with E-state index in [1.54, 1.807) is 66.7 Å². The highest BCUT2D eigenvalue weighted by Gasteiger charge is 2.37. The van der Waals surface area contributed by atoms with Gasteiger partial charge in [-0.3, -0.25) is 14.4 Å². The maximum Gasteiger partial charge on any atom is 0.266 e. The summed E-state index contributed by atoms with van der Waals surface area (Å²) in [6.45, 7) is 1.44. The summed E-state index contributed by atoms with van der Waals surface area (Å²) in [6, 6.07) is 18.6. The Morgan fingerprint density at radius 1 is 0.862 bits per heavy atom. The molecule has 0 unspecified atom stereocenters. The van der Waals surface area contributed by atoms with Crippen molar-refractivity contribution < 1.29 is 19.1 Å². The van der Waals surface area contributed by atoms with Gasteiger partial charge in [0.15, 0.2) is 0 Å². The number of amides is 3. The van der Waals surface area contributed by atoms with Crippen LogP contribution in [-0.2, 0) is 4.79 Å². The van der Waals surface area contributed by atoms with Gasteiger partial charge in [-0.15, -0.1) is 0 Å². The minimum atomic E-state index is -0.390. The number of ether oxygens (including phenoxy) is 1. The number of hydrogen-bond acceptors (Lipinski definition) is 4. The van der Waals surface area contributed by atoms with Gasteiger partial charge in [-0.2, -0.15) is 0 Å². The van der Waals surface area contributed by atoms with E-state index in [0.717, 1.165) is 9.37 Å². The molecule has 3 amide bonds. The normalized spacial score (nSPS) is 12.7. The first-order valence-electron chi connectivity index (χ1n) is 8.76. The van der Waals surface area contributed by atoms with Crippen molar-refractivity contribution in [1.82, 2.24) is 0 Å². The first-order chi connectivity index (χ1) is 13.9. The zero-order valence-electron chi connectivity index (χ0n) is 15.3. The number of anilines is 2. The van der Waals surface area contributed by atoms with Crippen LogP contribution in [0, 0.1) is 0 Å². The van der Waals surface area contributed by atoms with E-state index in [1.807, 2.05) is 0 Å². The van der Waals surface area contributed by atoms with Gasteiger partial charge in [0, 0.05) is 17.1 Å². The van der Waals surface area contributed by atoms with Gasteiger partial charge in [0.1, 0.15) is 11.5 Å². The average Bonchev–Trinajstić information content (AvgIpc) is 2.94. The van der Waals surface area contributed by atoms with E-state index in [2.05, 4.69) is 21.2 Å². The van der Waals surface area contributed by atoms with Crippen LogP contribution in [0.15, 0.2) is 71.2 Å². The average molecular weight is 451 g/mol. The number of fused-ring (bicyclic) bond motifs is 1. The van der Waals surface area contributed by atoms with Gasteiger partial charge in [0.05, 0.1) is 16.8 Å². The fraction of sp³-hybridized carbons (Fsp3) is 0.0455. The summed E-state index contributed by atoms with van der Waals surface area (Å²) in [4.78, 5) is 37.8. The predicted molar refractivity (Wildman–Crippen MR) is 113 cm³/mol. The van der Waals surface area contributed by atoms with Crippen LogP contribution in [0.4, 0.5) is 11.4 Å². The lowest BCUT2D eigenvalue weighted by molar-refractivity contribution is -0.114. The zero-order chi connectivity index (χ0) is 20.5. The van der Waals surface area contributed by atoms with Crippen molar-refractivity contribution in [2.75, 3.05) is 10.2 Å². The molecule has 0 fully saturated rings. The number of carbonyl (C=O) groups excluding carboxylic acids is 3. The molecule has 0 atom stereocenters. The third kappa shape index (κ3) is 3.77. The van der Waals surface area contributed by atoms with Crippen molar-refractivity contribution in [2.45, 2.75) is 6.92 Å². The molecule has 6 nitrogen and oxygen atoms in total. The Morgan fingerprint density at radius 2 is 1.48 bits per heavy atom. The molecule has 1 N–H and O–H groups in total. The summed E-state index contributed by atoms with van der Waals surface area (Å²) < 4.78 is 6.66. The number of carbonyl (C=O) groups is 3. The van der Waals surface area contributed by atoms with Gasteiger partial charge in [-0.05, 0) is 66.7 Å². The topological polar surface area (TPSA) is 75.7 Å². The van der Waals surface area contributed by atoms with Crippen LogP contribution >= 0.6 is 15.9 Å². The van der Waals surface area contributed by atoms with Gasteiger partial charge in [0.25, 0.3) is 11.8 Å². The molecule has 0 aliphatic carbocycles. The maximum atomic E-state index is 12.8. The molecule has 7 heteroatoms. The highest BCUT2D eigenvalue weighted by Crippen LogP contribution is 2.33. The second-order valence-electron chi connectivity index (χ2n) is 6.44. The fourth-order valence-corrected chi connectivity index (χ4v) is 3.32. The molecule has 4 rings (SSSR count). The van der Waals surface area contributed by atoms with Gasteiger partial charge < -0.3 is 10.1 Å². The van der Waals surface area contributed by atoms with Gasteiger partial charge >= 0.3 is 0 Å². The minimum Gasteiger partial charge on any atom is -0.457 e. The summed E-state index contributed by atoms with van der Waals surface area (Å²) in [5.41, 5.74) is 1.80. The molecule has 1 aliphatic rings. The van der Waals surface area contributed by atoms with E-state index < -0.39 is 5.91 Å². The molecule has 3 aromatic rings. The number of benzene rings is 3. The lowest BCUT2D eigenvalue weighted by Gasteiger charge is -2.13. The lowest BCUT2D eigenvalue weighted by Crippen LogP contribution is -2.29. The maximum absolute atomic E-state index is 12.8. The summed E-state index contributed by atoms with van der Waals surface area (Å²) in [6.07, 6.45) is 0. The number of rotatable bonds is 4. The number of imide groups is 1. The molecule has 29 heavy (non-hydrogen) atoms. The van der Waals surface area contributed by atoms with E-state index in [4.69, 9.17) is 4.74 Å². The Labute approximate surface area is 175 Å². The highest BCUT2D eigenvalue weighted by atomic mass is 79.9. The molecule has 1 heterocycles. The molecule has 3 aromatic carbocycles. The van der Waals surface area contributed by atoms with Crippen LogP contribution in [0.1, 0.15) is 27.6 Å². The van der Waals surface area contributed by atoms with Crippen LogP contribution in [-0.4, -0.2) is 17.7 Å². The molecule has 0 bridgehead atoms. The smallest absolute Gasteiger partial charge is 0.266 e. The summed E-state index contributed by atoms with van der Waals surface area (Å²) in [7, 11) is 0. The third-order valence-electron chi connectivity index (χ3n) is 4.35. The standard InChI is InChI=1S/C22H15BrN2O4/c1-13(26)24-15-4-8-17(9-5-15)29-18-10-11-19-20(12-18)22(28)25(21(19)27)16-6-2-14(23)3-7-16/h2-12H,1H3,(H,24,26). The Morgan fingerprint density at radius 3 is 2.14 bits per heavy atom. The quantitative estimate of drug-likeness (QED) is 0.567. The van der Waals surface area contributed by atoms with E-state index in [0.29, 0.717) is 34.0 Å². The minimum absolute atomic E-state index is 0.157. The van der Waals surface area contributed by atoms with Crippen LogP contribution < -0.4 is 15.0 Å². The summed E-state index contributed by atoms with van der Waals surface area (Å²) in [5.74, 6) is 0.0727. The van der Waals surface area contributed by atoms with Crippen LogP contribution in [0.2, 0.25) is 0 Å². The summed E-state index contributed by atoms with van der Waals surface area (Å²) >= 11 is 3.34. The molecule has 0 aromatic heterocycles. The Bertz CT molecular complexity index is 1120. The number of nitrogens with one attached hydrogen (secondary N) is 1. The SMILES string of the molecule is CC(=O)Nc1ccc(Oc2ccc3c(c2)C(=O)N(c2ccc(Br)cc2)C3=O)cc1. The van der Waals surface area contributed by atoms with Crippen LogP contribution in [0.25, 0.3) is 0 Å². The van der Waals surface area contributed by atoms with Crippen molar-refractivity contribution in [3.63, 3.8) is 0 Å². The van der Waals surface area contributed by atoms with Crippen molar-refractivity contribution in [3.05, 3.63) is 82.3 Å². The van der Waals surface area contributed by atoms with Crippen LogP contribution in [0.3, 0.4) is 0 Å². The Kier molecular flexibility index (Phi) is 4.90. The Balaban J connectivity index is 1.57. The second-order valence-corrected chi connectivity index (χ2v) is 7.35. The molecule has 0 spiro atoms. The predicted octanol–water partition coefficient (Wildman–Crippen LogP) is 5.00. The number of halogens is 1. The number of nitrogens with zero attached hydrogens (tertiary/aromatic N) is 1. The van der Waals surface area contributed by atoms with Crippen molar-refractivity contribution in [3.8, 4) is 11.5 Å². The fourth-order valence-electron chi connectivity index (χ4n) is 3.05. The molecule has 0 saturated carbocycles. The van der Waals surface area contributed by atoms with E-state index in [9.17, 15) is 14.4 Å². The monoisotopic (exact) mass is 450 g/mol. The number of hydrogen-bond donors (Lipinski definition) is 1. The molecule has 0 saturated heterocycles. The molecular formula is C22H15BrN2O4. The lowest BCUT2D eigenvalue weighted by atomic mass is 10.1. The van der Waals surface area contributed by atoms with E-state index in [1.165, 1.54) is 6.92 Å². The van der Waals surface area contributed by atoms with Gasteiger partial charge in [-0.25, -0.2) is 4.90 Å². The molecular weight excluding hydrogens is 436 g/mol. The first-order valence-corrected chi connectivity index (χ1v) is 9.55. The zero-order valence-corrected chi connectivity index (χ0v) is 16.9. The Hall–Kier alpha value is -3.45. The first kappa shape index (κ1) is 18.9. The second kappa shape index (κ2) is 7.52. The van der Waals surface area contributed by atoms with Gasteiger partial charge in [0.2, 0.25) is 5.91 Å². The van der Waals surface area contributed by atoms with Crippen molar-refractivity contribution in [2.24, 2.45) is 0 Å². The largest absolute Gasteiger partial charge is 0.457 e. The third-order valence-corrected chi connectivity index (χ3v) is 4.88. The molecule has 144 valence electrons. The van der Waals surface area contributed by atoms with Crippen molar-refractivity contribution in [1.29, 1.82) is 0 Å². The van der Waals surface area contributed by atoms with Crippen LogP contribution in [0.5, 0.6) is 11.5 Å². The summed E-state index contributed by atoms with van der Waals surface area (Å²) in [5, 5.41) is 2.68. The molecule has 1 aliphatic heterocycles. The van der Waals surface area contributed by atoms with E-state index >= 15 is 0 Å². The highest BCUT2D eigenvalue weighted by molar-refractivity contribution is 9.10. The molecule has 0 radical (unpaired) electrons. The van der Waals surface area contributed by atoms with E-state index in [-0.39, 0.29) is 11.8 Å². The van der Waals surface area contributed by atoms with Crippen molar-refractivity contribution >= 4 is 45.0 Å².